The molecule has 0 radical (unpaired) electrons. The summed E-state index contributed by atoms with van der Waals surface area (Å²) < 4.78 is 10.2. The van der Waals surface area contributed by atoms with Gasteiger partial charge in [0.05, 0.1) is 12.8 Å². The third-order valence-corrected chi connectivity index (χ3v) is 3.37. The Labute approximate surface area is 172 Å². The van der Waals surface area contributed by atoms with Crippen molar-refractivity contribution >= 4 is 17.3 Å². The fraction of sp³-hybridized carbons (Fsp3) is 0.318. The van der Waals surface area contributed by atoms with Gasteiger partial charge < -0.3 is 20.3 Å². The molecule has 7 nitrogen and oxygen atoms in total. The number of phenols is 1. The van der Waals surface area contributed by atoms with E-state index >= 15 is 0 Å². The third-order valence-electron chi connectivity index (χ3n) is 3.37. The van der Waals surface area contributed by atoms with Gasteiger partial charge in [0.15, 0.2) is 0 Å². The molecule has 0 saturated heterocycles. The van der Waals surface area contributed by atoms with Gasteiger partial charge in [-0.05, 0) is 62.9 Å². The molecule has 7 heteroatoms. The highest BCUT2D eigenvalue weighted by molar-refractivity contribution is 5.86. The number of hydrogen-bond acceptors (Lipinski definition) is 7. The topological polar surface area (TPSA) is 106 Å². The van der Waals surface area contributed by atoms with Crippen molar-refractivity contribution in [3.8, 4) is 11.5 Å². The van der Waals surface area contributed by atoms with Gasteiger partial charge in [0.1, 0.15) is 23.8 Å². The molecule has 0 aliphatic carbocycles. The van der Waals surface area contributed by atoms with Gasteiger partial charge in [-0.3, -0.25) is 0 Å². The first-order valence-electron chi connectivity index (χ1n) is 9.19. The number of nitrogens with two attached hydrogens (primary N) is 1. The number of nitrogens with zero attached hydrogens (tertiary/aromatic N) is 2. The summed E-state index contributed by atoms with van der Waals surface area (Å²) in [5.74, 6) is 0.138. The number of ether oxygens (including phenoxy) is 2. The SMILES string of the molecule is C=C(C)C(=O)OCc1cc(C)cc(N=Nc2ccc(OC)cc2)c1O.CC.CN. The lowest BCUT2D eigenvalue weighted by Gasteiger charge is -2.09. The molecular weight excluding hydrogens is 370 g/mol. The molecule has 0 aliphatic rings. The van der Waals surface area contributed by atoms with Crippen molar-refractivity contribution in [3.63, 3.8) is 0 Å². The maximum Gasteiger partial charge on any atom is 0.333 e. The first-order chi connectivity index (χ1) is 13.9. The summed E-state index contributed by atoms with van der Waals surface area (Å²) >= 11 is 0. The first kappa shape index (κ1) is 25.8. The Hall–Kier alpha value is -3.19. The number of rotatable bonds is 6. The van der Waals surface area contributed by atoms with E-state index in [1.54, 1.807) is 50.4 Å². The third kappa shape index (κ3) is 8.57. The van der Waals surface area contributed by atoms with Crippen LogP contribution in [0.2, 0.25) is 0 Å². The molecule has 0 aromatic heterocycles. The zero-order valence-corrected chi connectivity index (χ0v) is 18.0. The largest absolute Gasteiger partial charge is 0.505 e. The van der Waals surface area contributed by atoms with Crippen molar-refractivity contribution < 1.29 is 19.4 Å². The summed E-state index contributed by atoms with van der Waals surface area (Å²) in [5, 5.41) is 18.5. The second-order valence-corrected chi connectivity index (χ2v) is 5.55. The molecule has 158 valence electrons. The van der Waals surface area contributed by atoms with Crippen LogP contribution in [0, 0.1) is 6.92 Å². The van der Waals surface area contributed by atoms with Crippen LogP contribution in [0.25, 0.3) is 0 Å². The number of hydrogen-bond donors (Lipinski definition) is 2. The van der Waals surface area contributed by atoms with E-state index < -0.39 is 5.97 Å². The van der Waals surface area contributed by atoms with Crippen LogP contribution in [-0.2, 0) is 16.1 Å². The van der Waals surface area contributed by atoms with E-state index in [0.29, 0.717) is 22.5 Å². The molecule has 0 saturated carbocycles. The molecule has 0 spiro atoms. The maximum absolute atomic E-state index is 11.5. The van der Waals surface area contributed by atoms with E-state index in [-0.39, 0.29) is 12.4 Å². The van der Waals surface area contributed by atoms with Crippen LogP contribution in [0.1, 0.15) is 31.9 Å². The Morgan fingerprint density at radius 3 is 2.24 bits per heavy atom. The van der Waals surface area contributed by atoms with E-state index in [1.807, 2.05) is 20.8 Å². The van der Waals surface area contributed by atoms with Crippen molar-refractivity contribution in [1.29, 1.82) is 0 Å². The zero-order chi connectivity index (χ0) is 22.4. The highest BCUT2D eigenvalue weighted by atomic mass is 16.5. The average molecular weight is 402 g/mol. The molecule has 0 heterocycles. The van der Waals surface area contributed by atoms with Gasteiger partial charge in [0.25, 0.3) is 0 Å². The van der Waals surface area contributed by atoms with Crippen LogP contribution >= 0.6 is 0 Å². The van der Waals surface area contributed by atoms with Crippen molar-refractivity contribution in [3.05, 3.63) is 59.7 Å². The molecule has 0 amide bonds. The van der Waals surface area contributed by atoms with Crippen LogP contribution in [0.3, 0.4) is 0 Å². The minimum absolute atomic E-state index is 0.0652. The van der Waals surface area contributed by atoms with Crippen molar-refractivity contribution in [2.75, 3.05) is 14.2 Å². The monoisotopic (exact) mass is 401 g/mol. The maximum atomic E-state index is 11.5. The fourth-order valence-corrected chi connectivity index (χ4v) is 2.05. The van der Waals surface area contributed by atoms with Crippen LogP contribution in [0.5, 0.6) is 11.5 Å². The minimum atomic E-state index is -0.512. The highest BCUT2D eigenvalue weighted by Crippen LogP contribution is 2.33. The Morgan fingerprint density at radius 1 is 1.14 bits per heavy atom. The number of carbonyl (C=O) groups excluding carboxylic acids is 1. The number of phenolic OH excluding ortho intramolecular Hbond substituents is 1. The van der Waals surface area contributed by atoms with E-state index in [1.165, 1.54) is 7.05 Å². The summed E-state index contributed by atoms with van der Waals surface area (Å²) in [6.07, 6.45) is 0. The average Bonchev–Trinajstić information content (AvgIpc) is 2.75. The van der Waals surface area contributed by atoms with Gasteiger partial charge in [-0.25, -0.2) is 4.79 Å². The lowest BCUT2D eigenvalue weighted by Crippen LogP contribution is -2.05. The van der Waals surface area contributed by atoms with Gasteiger partial charge in [-0.2, -0.15) is 5.11 Å². The normalized spacial score (nSPS) is 9.62. The summed E-state index contributed by atoms with van der Waals surface area (Å²) in [6, 6.07) is 10.5. The number of carbonyl (C=O) groups is 1. The second kappa shape index (κ2) is 13.9. The Morgan fingerprint density at radius 2 is 1.72 bits per heavy atom. The second-order valence-electron chi connectivity index (χ2n) is 5.55. The van der Waals surface area contributed by atoms with E-state index in [2.05, 4.69) is 22.5 Å². The Balaban J connectivity index is 0.00000184. The van der Waals surface area contributed by atoms with Crippen molar-refractivity contribution in [2.45, 2.75) is 34.3 Å². The van der Waals surface area contributed by atoms with Crippen molar-refractivity contribution in [2.24, 2.45) is 16.0 Å². The Kier molecular flexibility index (Phi) is 12.4. The Bertz CT molecular complexity index is 816. The molecule has 0 aliphatic heterocycles. The summed E-state index contributed by atoms with van der Waals surface area (Å²) in [7, 11) is 3.09. The predicted molar refractivity (Wildman–Crippen MR) is 116 cm³/mol. The van der Waals surface area contributed by atoms with E-state index in [0.717, 1.165) is 11.3 Å². The van der Waals surface area contributed by atoms with Crippen LogP contribution in [0.15, 0.2) is 58.8 Å². The van der Waals surface area contributed by atoms with E-state index in [9.17, 15) is 9.90 Å². The first-order valence-corrected chi connectivity index (χ1v) is 9.19. The molecule has 0 atom stereocenters. The fourth-order valence-electron chi connectivity index (χ4n) is 2.05. The summed E-state index contributed by atoms with van der Waals surface area (Å²) in [5.41, 5.74) is 7.04. The summed E-state index contributed by atoms with van der Waals surface area (Å²) in [4.78, 5) is 11.5. The van der Waals surface area contributed by atoms with Crippen LogP contribution in [-0.4, -0.2) is 25.2 Å². The minimum Gasteiger partial charge on any atom is -0.505 e. The number of aryl methyl sites for hydroxylation is 1. The van der Waals surface area contributed by atoms with Gasteiger partial charge in [-0.15, -0.1) is 5.11 Å². The summed E-state index contributed by atoms with van der Waals surface area (Å²) in [6.45, 7) is 10.9. The number of methoxy groups -OCH3 is 1. The lowest BCUT2D eigenvalue weighted by molar-refractivity contribution is -0.140. The molecule has 0 fully saturated rings. The molecule has 3 N–H and O–H groups in total. The lowest BCUT2D eigenvalue weighted by atomic mass is 10.1. The number of azo groups is 1. The molecule has 2 rings (SSSR count). The van der Waals surface area contributed by atoms with Gasteiger partial charge in [0.2, 0.25) is 0 Å². The smallest absolute Gasteiger partial charge is 0.333 e. The highest BCUT2D eigenvalue weighted by Gasteiger charge is 2.11. The zero-order valence-electron chi connectivity index (χ0n) is 18.0. The predicted octanol–water partition coefficient (Wildman–Crippen LogP) is 5.35. The number of benzene rings is 2. The standard InChI is InChI=1S/C19H20N2O4.C2H6.CH5N/c1-12(2)19(23)25-11-14-9-13(3)10-17(18(14)22)21-20-15-5-7-16(24-4)8-6-15;2*1-2/h5-10,22H,1,11H2,2-4H3;1-2H3;2H2,1H3. The van der Waals surface area contributed by atoms with Gasteiger partial charge >= 0.3 is 5.97 Å². The van der Waals surface area contributed by atoms with Crippen molar-refractivity contribution in [1.82, 2.24) is 0 Å². The molecule has 29 heavy (non-hydrogen) atoms. The number of esters is 1. The molecule has 2 aromatic carbocycles. The molecule has 0 bridgehead atoms. The van der Waals surface area contributed by atoms with Crippen LogP contribution < -0.4 is 10.5 Å². The number of aromatic hydroxyl groups is 1. The van der Waals surface area contributed by atoms with E-state index in [4.69, 9.17) is 9.47 Å². The van der Waals surface area contributed by atoms with Gasteiger partial charge in [-0.1, -0.05) is 20.4 Å². The molecule has 0 unspecified atom stereocenters. The van der Waals surface area contributed by atoms with Gasteiger partial charge in [0, 0.05) is 11.1 Å². The quantitative estimate of drug-likeness (QED) is 0.386. The molecule has 2 aromatic rings. The molecular formula is C22H31N3O4. The van der Waals surface area contributed by atoms with Crippen LogP contribution in [0.4, 0.5) is 11.4 Å².